The van der Waals surface area contributed by atoms with E-state index >= 15 is 0 Å². The molecular weight excluding hydrogens is 420 g/mol. The zero-order valence-corrected chi connectivity index (χ0v) is 18.1. The minimum Gasteiger partial charge on any atom is -0.365 e. The lowest BCUT2D eigenvalue weighted by molar-refractivity contribution is 0.0958. The van der Waals surface area contributed by atoms with Gasteiger partial charge in [-0.3, -0.25) is 14.9 Å². The first-order valence-electron chi connectivity index (χ1n) is 9.97. The van der Waals surface area contributed by atoms with Gasteiger partial charge < -0.3 is 5.32 Å². The highest BCUT2D eigenvalue weighted by atomic mass is 32.1. The molecule has 4 aromatic rings. The van der Waals surface area contributed by atoms with Crippen LogP contribution in [0.2, 0.25) is 0 Å². The molecule has 0 unspecified atom stereocenters. The Balaban J connectivity index is 2.01. The second-order valence-electron chi connectivity index (χ2n) is 6.91. The minimum absolute atomic E-state index is 0.000779. The Hall–Kier alpha value is -4.10. The third kappa shape index (κ3) is 4.19. The van der Waals surface area contributed by atoms with E-state index in [9.17, 15) is 9.59 Å². The zero-order valence-electron chi connectivity index (χ0n) is 17.3. The van der Waals surface area contributed by atoms with Crippen LogP contribution in [0.1, 0.15) is 26.4 Å². The van der Waals surface area contributed by atoms with Crippen molar-refractivity contribution in [3.8, 4) is 16.9 Å². The average molecular weight is 441 g/mol. The van der Waals surface area contributed by atoms with E-state index in [-0.39, 0.29) is 22.2 Å². The molecule has 158 valence electrons. The van der Waals surface area contributed by atoms with E-state index in [4.69, 9.17) is 12.2 Å². The van der Waals surface area contributed by atoms with Crippen LogP contribution < -0.4 is 10.6 Å². The summed E-state index contributed by atoms with van der Waals surface area (Å²) in [7, 11) is 1.61. The van der Waals surface area contributed by atoms with Gasteiger partial charge in [-0.15, -0.1) is 0 Å². The molecule has 0 saturated heterocycles. The average Bonchev–Trinajstić information content (AvgIpc) is 3.26. The number of rotatable bonds is 5. The fourth-order valence-electron chi connectivity index (χ4n) is 3.37. The van der Waals surface area contributed by atoms with E-state index in [1.807, 2.05) is 66.7 Å². The van der Waals surface area contributed by atoms with Crippen molar-refractivity contribution in [2.75, 3.05) is 7.05 Å². The summed E-state index contributed by atoms with van der Waals surface area (Å²) in [5.41, 5.74) is 2.69. The van der Waals surface area contributed by atoms with E-state index in [1.54, 1.807) is 36.0 Å². The lowest BCUT2D eigenvalue weighted by atomic mass is 9.97. The van der Waals surface area contributed by atoms with Crippen molar-refractivity contribution >= 4 is 29.0 Å². The van der Waals surface area contributed by atoms with E-state index in [0.29, 0.717) is 11.3 Å². The SMILES string of the molecule is CNC(=S)NC(=O)c1nn(-c2ccccc2)c(-c2ccccc2)c1C(=O)c1ccccc1. The molecule has 0 aliphatic carbocycles. The van der Waals surface area contributed by atoms with Crippen LogP contribution in [0, 0.1) is 0 Å². The Labute approximate surface area is 190 Å². The lowest BCUT2D eigenvalue weighted by Crippen LogP contribution is -2.38. The Morgan fingerprint density at radius 1 is 0.844 bits per heavy atom. The van der Waals surface area contributed by atoms with Crippen molar-refractivity contribution in [1.29, 1.82) is 0 Å². The number of nitrogens with zero attached hydrogens (tertiary/aromatic N) is 2. The van der Waals surface area contributed by atoms with Gasteiger partial charge in [0.25, 0.3) is 5.91 Å². The van der Waals surface area contributed by atoms with Gasteiger partial charge in [0.1, 0.15) is 0 Å². The van der Waals surface area contributed by atoms with Crippen molar-refractivity contribution in [3.05, 3.63) is 108 Å². The molecule has 0 aliphatic heterocycles. The van der Waals surface area contributed by atoms with Gasteiger partial charge in [0, 0.05) is 18.2 Å². The predicted molar refractivity (Wildman–Crippen MR) is 128 cm³/mol. The molecule has 0 fully saturated rings. The minimum atomic E-state index is -0.560. The molecule has 0 spiro atoms. The normalized spacial score (nSPS) is 10.4. The summed E-state index contributed by atoms with van der Waals surface area (Å²) in [6.45, 7) is 0. The maximum absolute atomic E-state index is 13.7. The molecule has 2 N–H and O–H groups in total. The fraction of sp³-hybridized carbons (Fsp3) is 0.0400. The van der Waals surface area contributed by atoms with E-state index in [1.165, 1.54) is 0 Å². The molecule has 0 saturated carbocycles. The molecule has 0 bridgehead atoms. The summed E-state index contributed by atoms with van der Waals surface area (Å²) in [5, 5.41) is 10.0. The maximum atomic E-state index is 13.7. The number of hydrogen-bond donors (Lipinski definition) is 2. The largest absolute Gasteiger partial charge is 0.365 e. The number of ketones is 1. The molecule has 3 aromatic carbocycles. The molecule has 1 heterocycles. The quantitative estimate of drug-likeness (QED) is 0.362. The maximum Gasteiger partial charge on any atom is 0.278 e. The summed E-state index contributed by atoms with van der Waals surface area (Å²) in [5.74, 6) is -0.859. The molecule has 32 heavy (non-hydrogen) atoms. The Bertz CT molecular complexity index is 1270. The van der Waals surface area contributed by atoms with Crippen LogP contribution in [-0.2, 0) is 0 Å². The van der Waals surface area contributed by atoms with Crippen molar-refractivity contribution in [2.45, 2.75) is 0 Å². The summed E-state index contributed by atoms with van der Waals surface area (Å²) in [6, 6.07) is 27.7. The van der Waals surface area contributed by atoms with Gasteiger partial charge in [0.2, 0.25) is 0 Å². The predicted octanol–water partition coefficient (Wildman–Crippen LogP) is 4.00. The standard InChI is InChI=1S/C25H20N4O2S/c1-26-25(32)27-24(31)21-20(23(30)18-13-7-3-8-14-18)22(17-11-5-2-6-12-17)29(28-21)19-15-9-4-10-16-19/h2-16H,1H3,(H2,26,27,31,32). The van der Waals surface area contributed by atoms with Gasteiger partial charge in [0.05, 0.1) is 16.9 Å². The molecule has 6 nitrogen and oxygen atoms in total. The fourth-order valence-corrected chi connectivity index (χ4v) is 3.46. The van der Waals surface area contributed by atoms with Crippen molar-refractivity contribution in [1.82, 2.24) is 20.4 Å². The van der Waals surface area contributed by atoms with Crippen LogP contribution in [0.5, 0.6) is 0 Å². The number of benzene rings is 3. The highest BCUT2D eigenvalue weighted by molar-refractivity contribution is 7.80. The lowest BCUT2D eigenvalue weighted by Gasteiger charge is -2.10. The molecule has 7 heteroatoms. The number of thiocarbonyl (C=S) groups is 1. The van der Waals surface area contributed by atoms with Crippen LogP contribution in [0.3, 0.4) is 0 Å². The van der Waals surface area contributed by atoms with Gasteiger partial charge >= 0.3 is 0 Å². The monoisotopic (exact) mass is 440 g/mol. The number of amides is 1. The Morgan fingerprint density at radius 2 is 1.41 bits per heavy atom. The number of carbonyl (C=O) groups excluding carboxylic acids is 2. The summed E-state index contributed by atoms with van der Waals surface area (Å²) in [4.78, 5) is 26.8. The zero-order chi connectivity index (χ0) is 22.5. The van der Waals surface area contributed by atoms with Gasteiger partial charge in [0.15, 0.2) is 16.6 Å². The molecule has 0 atom stereocenters. The number of aromatic nitrogens is 2. The van der Waals surface area contributed by atoms with Crippen LogP contribution in [0.25, 0.3) is 16.9 Å². The topological polar surface area (TPSA) is 76.0 Å². The van der Waals surface area contributed by atoms with Crippen molar-refractivity contribution in [2.24, 2.45) is 0 Å². The number of carbonyl (C=O) groups is 2. The van der Waals surface area contributed by atoms with Crippen LogP contribution >= 0.6 is 12.2 Å². The second-order valence-corrected chi connectivity index (χ2v) is 7.32. The third-order valence-corrected chi connectivity index (χ3v) is 5.17. The van der Waals surface area contributed by atoms with Crippen LogP contribution in [0.15, 0.2) is 91.0 Å². The van der Waals surface area contributed by atoms with Gasteiger partial charge in [-0.25, -0.2) is 4.68 Å². The molecular formula is C25H20N4O2S. The highest BCUT2D eigenvalue weighted by Crippen LogP contribution is 2.31. The molecule has 1 amide bonds. The van der Waals surface area contributed by atoms with Crippen LogP contribution in [-0.4, -0.2) is 33.6 Å². The van der Waals surface area contributed by atoms with Gasteiger partial charge in [-0.05, 0) is 24.4 Å². The number of para-hydroxylation sites is 1. The molecule has 0 aliphatic rings. The van der Waals surface area contributed by atoms with E-state index in [0.717, 1.165) is 11.3 Å². The van der Waals surface area contributed by atoms with Gasteiger partial charge in [-0.1, -0.05) is 78.9 Å². The highest BCUT2D eigenvalue weighted by Gasteiger charge is 2.30. The van der Waals surface area contributed by atoms with Crippen molar-refractivity contribution in [3.63, 3.8) is 0 Å². The molecule has 4 rings (SSSR count). The first-order chi connectivity index (χ1) is 15.6. The molecule has 1 aromatic heterocycles. The smallest absolute Gasteiger partial charge is 0.278 e. The third-order valence-electron chi connectivity index (χ3n) is 4.87. The van der Waals surface area contributed by atoms with Crippen LogP contribution in [0.4, 0.5) is 0 Å². The van der Waals surface area contributed by atoms with Crippen molar-refractivity contribution < 1.29 is 9.59 Å². The first-order valence-corrected chi connectivity index (χ1v) is 10.4. The number of hydrogen-bond acceptors (Lipinski definition) is 4. The summed E-state index contributed by atoms with van der Waals surface area (Å²) >= 11 is 5.10. The van der Waals surface area contributed by atoms with Gasteiger partial charge in [-0.2, -0.15) is 5.10 Å². The number of nitrogens with one attached hydrogen (secondary N) is 2. The second kappa shape index (κ2) is 9.36. The van der Waals surface area contributed by atoms with E-state index < -0.39 is 5.91 Å². The van der Waals surface area contributed by atoms with E-state index in [2.05, 4.69) is 15.7 Å². The molecule has 0 radical (unpaired) electrons. The Kier molecular flexibility index (Phi) is 6.19. The Morgan fingerprint density at radius 3 is 2.00 bits per heavy atom. The first kappa shape index (κ1) is 21.1. The summed E-state index contributed by atoms with van der Waals surface area (Å²) < 4.78 is 1.63. The summed E-state index contributed by atoms with van der Waals surface area (Å²) in [6.07, 6.45) is 0.